The minimum Gasteiger partial charge on any atom is -0.404 e. The molecule has 0 spiro atoms. The molecule has 0 heterocycles. The van der Waals surface area contributed by atoms with E-state index in [-0.39, 0.29) is 10.6 Å². The number of nitrogens with zero attached hydrogens (tertiary/aromatic N) is 1. The first-order valence-electron chi connectivity index (χ1n) is 3.94. The molecule has 1 aromatic rings. The first kappa shape index (κ1) is 12.6. The minimum atomic E-state index is -4.84. The van der Waals surface area contributed by atoms with E-state index >= 15 is 0 Å². The highest BCUT2D eigenvalue weighted by atomic mass is 35.5. The third kappa shape index (κ3) is 3.93. The molecule has 0 bridgehead atoms. The van der Waals surface area contributed by atoms with Gasteiger partial charge in [-0.3, -0.25) is 10.1 Å². The van der Waals surface area contributed by atoms with Gasteiger partial charge in [0, 0.05) is 10.5 Å². The van der Waals surface area contributed by atoms with Gasteiger partial charge in [-0.05, 0) is 18.2 Å². The van der Waals surface area contributed by atoms with Gasteiger partial charge in [0.05, 0.1) is 5.02 Å². The first-order valence-corrected chi connectivity index (χ1v) is 4.32. The zero-order chi connectivity index (χ0) is 12.3. The molecule has 0 aliphatic carbocycles. The van der Waals surface area contributed by atoms with Crippen LogP contribution in [0.3, 0.4) is 0 Å². The topological polar surface area (TPSA) is 52.4 Å². The minimum absolute atomic E-state index is 0.199. The van der Waals surface area contributed by atoms with Crippen molar-refractivity contribution in [3.63, 3.8) is 0 Å². The van der Waals surface area contributed by atoms with E-state index in [4.69, 9.17) is 11.6 Å². The fourth-order valence-electron chi connectivity index (χ4n) is 0.999. The maximum atomic E-state index is 11.8. The maximum absolute atomic E-state index is 11.8. The highest BCUT2D eigenvalue weighted by molar-refractivity contribution is 6.32. The zero-order valence-electron chi connectivity index (χ0n) is 7.62. The summed E-state index contributed by atoms with van der Waals surface area (Å²) >= 11 is 5.47. The molecular formula is C8H5ClF3NO3. The smallest absolute Gasteiger partial charge is 0.404 e. The van der Waals surface area contributed by atoms with E-state index in [1.807, 2.05) is 0 Å². The van der Waals surface area contributed by atoms with Gasteiger partial charge >= 0.3 is 6.36 Å². The second-order valence-corrected chi connectivity index (χ2v) is 3.21. The third-order valence-electron chi connectivity index (χ3n) is 1.53. The average Bonchev–Trinajstić information content (AvgIpc) is 2.06. The van der Waals surface area contributed by atoms with Crippen LogP contribution in [0, 0.1) is 10.1 Å². The SMILES string of the molecule is O=[N+]([O-])Cc1ccc(OC(F)(F)F)c(Cl)c1. The van der Waals surface area contributed by atoms with Crippen molar-refractivity contribution >= 4 is 11.6 Å². The first-order chi connectivity index (χ1) is 7.28. The van der Waals surface area contributed by atoms with Crippen LogP contribution in [0.1, 0.15) is 5.56 Å². The molecule has 0 saturated carbocycles. The quantitative estimate of drug-likeness (QED) is 0.616. The highest BCUT2D eigenvalue weighted by Crippen LogP contribution is 2.30. The van der Waals surface area contributed by atoms with Crippen molar-refractivity contribution in [2.75, 3.05) is 0 Å². The van der Waals surface area contributed by atoms with Gasteiger partial charge in [0.25, 0.3) is 0 Å². The van der Waals surface area contributed by atoms with Gasteiger partial charge in [0.2, 0.25) is 6.54 Å². The Morgan fingerprint density at radius 2 is 2.06 bits per heavy atom. The normalized spacial score (nSPS) is 11.2. The molecule has 0 unspecified atom stereocenters. The summed E-state index contributed by atoms with van der Waals surface area (Å²) in [5.74, 6) is -0.582. The molecule has 4 nitrogen and oxygen atoms in total. The molecule has 8 heteroatoms. The molecule has 0 saturated heterocycles. The van der Waals surface area contributed by atoms with E-state index in [1.165, 1.54) is 0 Å². The summed E-state index contributed by atoms with van der Waals surface area (Å²) in [6, 6.07) is 3.15. The van der Waals surface area contributed by atoms with Crippen molar-refractivity contribution in [3.8, 4) is 5.75 Å². The van der Waals surface area contributed by atoms with Crippen molar-refractivity contribution in [3.05, 3.63) is 38.9 Å². The van der Waals surface area contributed by atoms with E-state index in [1.54, 1.807) is 0 Å². The van der Waals surface area contributed by atoms with Gasteiger partial charge in [0.15, 0.2) is 0 Å². The molecule has 0 aliphatic heterocycles. The summed E-state index contributed by atoms with van der Waals surface area (Å²) in [5, 5.41) is 9.82. The number of hydrogen-bond donors (Lipinski definition) is 0. The largest absolute Gasteiger partial charge is 0.573 e. The van der Waals surface area contributed by atoms with Crippen molar-refractivity contribution in [1.29, 1.82) is 0 Å². The van der Waals surface area contributed by atoms with Crippen LogP contribution in [0.2, 0.25) is 5.02 Å². The van der Waals surface area contributed by atoms with Crippen LogP contribution in [0.5, 0.6) is 5.75 Å². The number of ether oxygens (including phenoxy) is 1. The lowest BCUT2D eigenvalue weighted by Gasteiger charge is -2.10. The van der Waals surface area contributed by atoms with Crippen LogP contribution in [-0.4, -0.2) is 11.3 Å². The highest BCUT2D eigenvalue weighted by Gasteiger charge is 2.32. The maximum Gasteiger partial charge on any atom is 0.573 e. The molecular weight excluding hydrogens is 251 g/mol. The Labute approximate surface area is 92.7 Å². The van der Waals surface area contributed by atoms with Crippen molar-refractivity contribution in [1.82, 2.24) is 0 Å². The van der Waals surface area contributed by atoms with E-state index in [0.717, 1.165) is 18.2 Å². The number of hydrogen-bond acceptors (Lipinski definition) is 3. The lowest BCUT2D eigenvalue weighted by molar-refractivity contribution is -0.496. The Morgan fingerprint density at radius 3 is 2.50 bits per heavy atom. The summed E-state index contributed by atoms with van der Waals surface area (Å²) < 4.78 is 39.1. The number of halogens is 4. The summed E-state index contributed by atoms with van der Waals surface area (Å²) in [6.07, 6.45) is -4.84. The Bertz CT molecular complexity index is 408. The van der Waals surface area contributed by atoms with Crippen LogP contribution in [0.15, 0.2) is 18.2 Å². The van der Waals surface area contributed by atoms with Gasteiger partial charge in [-0.15, -0.1) is 13.2 Å². The molecule has 1 aromatic carbocycles. The van der Waals surface area contributed by atoms with Crippen LogP contribution >= 0.6 is 11.6 Å². The van der Waals surface area contributed by atoms with Crippen molar-refractivity contribution < 1.29 is 22.8 Å². The lowest BCUT2D eigenvalue weighted by atomic mass is 10.2. The number of nitro groups is 1. The second-order valence-electron chi connectivity index (χ2n) is 2.80. The van der Waals surface area contributed by atoms with Crippen molar-refractivity contribution in [2.45, 2.75) is 12.9 Å². The monoisotopic (exact) mass is 255 g/mol. The van der Waals surface area contributed by atoms with Gasteiger partial charge in [-0.2, -0.15) is 0 Å². The molecule has 0 aromatic heterocycles. The van der Waals surface area contributed by atoms with Crippen LogP contribution in [-0.2, 0) is 6.54 Å². The van der Waals surface area contributed by atoms with E-state index in [2.05, 4.69) is 4.74 Å². The fourth-order valence-corrected chi connectivity index (χ4v) is 1.24. The fraction of sp³-hybridized carbons (Fsp3) is 0.250. The number of rotatable bonds is 3. The average molecular weight is 256 g/mol. The molecule has 1 rings (SSSR count). The predicted octanol–water partition coefficient (Wildman–Crippen LogP) is 3.02. The lowest BCUT2D eigenvalue weighted by Crippen LogP contribution is -2.17. The number of alkyl halides is 3. The number of benzene rings is 1. The van der Waals surface area contributed by atoms with Gasteiger partial charge < -0.3 is 4.74 Å². The third-order valence-corrected chi connectivity index (χ3v) is 1.83. The predicted molar refractivity (Wildman–Crippen MR) is 48.8 cm³/mol. The zero-order valence-corrected chi connectivity index (χ0v) is 8.38. The van der Waals surface area contributed by atoms with E-state index in [9.17, 15) is 23.3 Å². The second kappa shape index (κ2) is 4.56. The molecule has 0 amide bonds. The Morgan fingerprint density at radius 1 is 1.44 bits per heavy atom. The van der Waals surface area contributed by atoms with E-state index < -0.39 is 23.6 Å². The molecule has 0 aliphatic rings. The molecule has 16 heavy (non-hydrogen) atoms. The van der Waals surface area contributed by atoms with Gasteiger partial charge in [0.1, 0.15) is 5.75 Å². The molecule has 0 fully saturated rings. The Balaban J connectivity index is 2.87. The summed E-state index contributed by atoms with van der Waals surface area (Å²) in [5.41, 5.74) is 0.199. The summed E-state index contributed by atoms with van der Waals surface area (Å²) in [6.45, 7) is -0.508. The van der Waals surface area contributed by atoms with Crippen LogP contribution in [0.25, 0.3) is 0 Å². The molecule has 0 radical (unpaired) electrons. The van der Waals surface area contributed by atoms with Gasteiger partial charge in [-0.1, -0.05) is 11.6 Å². The molecule has 0 atom stereocenters. The Hall–Kier alpha value is -1.50. The summed E-state index contributed by atoms with van der Waals surface area (Å²) in [7, 11) is 0. The van der Waals surface area contributed by atoms with Crippen LogP contribution in [0.4, 0.5) is 13.2 Å². The van der Waals surface area contributed by atoms with Gasteiger partial charge in [-0.25, -0.2) is 0 Å². The molecule has 0 N–H and O–H groups in total. The molecule has 88 valence electrons. The standard InChI is InChI=1S/C8H5ClF3NO3/c9-6-3-5(4-13(14)15)1-2-7(6)16-8(10,11)12/h1-3H,4H2. The van der Waals surface area contributed by atoms with Crippen molar-refractivity contribution in [2.24, 2.45) is 0 Å². The van der Waals surface area contributed by atoms with E-state index in [0.29, 0.717) is 0 Å². The Kier molecular flexibility index (Phi) is 3.58. The van der Waals surface area contributed by atoms with Crippen LogP contribution < -0.4 is 4.74 Å². The summed E-state index contributed by atoms with van der Waals surface area (Å²) in [4.78, 5) is 9.53.